The summed E-state index contributed by atoms with van der Waals surface area (Å²) >= 11 is 0. The summed E-state index contributed by atoms with van der Waals surface area (Å²) in [6, 6.07) is 1.06. The van der Waals surface area contributed by atoms with Gasteiger partial charge in [0.1, 0.15) is 0 Å². The minimum atomic E-state index is 0.304. The molecule has 0 bridgehead atoms. The highest BCUT2D eigenvalue weighted by molar-refractivity contribution is 5.77. The van der Waals surface area contributed by atoms with Gasteiger partial charge in [-0.2, -0.15) is 0 Å². The van der Waals surface area contributed by atoms with Gasteiger partial charge in [-0.1, -0.05) is 0 Å². The molecule has 1 aliphatic rings. The summed E-state index contributed by atoms with van der Waals surface area (Å²) in [7, 11) is 4.23. The number of hydrogen-bond donors (Lipinski definition) is 2. The molecule has 0 aliphatic carbocycles. The highest BCUT2D eigenvalue weighted by atomic mass is 15.2. The molecule has 4 nitrogen and oxygen atoms in total. The third kappa shape index (κ3) is 3.80. The zero-order valence-corrected chi connectivity index (χ0v) is 10.2. The second kappa shape index (κ2) is 5.47. The molecule has 1 heterocycles. The summed E-state index contributed by atoms with van der Waals surface area (Å²) < 4.78 is 0. The van der Waals surface area contributed by atoms with Crippen molar-refractivity contribution in [3.8, 4) is 0 Å². The van der Waals surface area contributed by atoms with Crippen molar-refractivity contribution in [1.29, 1.82) is 5.41 Å². The Bertz CT molecular complexity index is 215. The summed E-state index contributed by atoms with van der Waals surface area (Å²) in [5.74, 6) is 0.304. The van der Waals surface area contributed by atoms with Crippen molar-refractivity contribution in [2.24, 2.45) is 5.73 Å². The molecule has 0 aromatic rings. The highest BCUT2D eigenvalue weighted by Gasteiger charge is 2.28. The van der Waals surface area contributed by atoms with Crippen LogP contribution in [0.3, 0.4) is 0 Å². The van der Waals surface area contributed by atoms with Crippen LogP contribution in [0.15, 0.2) is 0 Å². The molecule has 0 saturated carbocycles. The SMILES string of the molecule is CC(CC(=N)N)N1CCCC1CN(C)C. The lowest BCUT2D eigenvalue weighted by atomic mass is 10.1. The molecule has 2 unspecified atom stereocenters. The molecule has 1 fully saturated rings. The van der Waals surface area contributed by atoms with Crippen molar-refractivity contribution in [2.75, 3.05) is 27.2 Å². The van der Waals surface area contributed by atoms with Gasteiger partial charge in [-0.05, 0) is 40.4 Å². The zero-order chi connectivity index (χ0) is 11.4. The van der Waals surface area contributed by atoms with Crippen molar-refractivity contribution in [3.05, 3.63) is 0 Å². The van der Waals surface area contributed by atoms with E-state index in [0.29, 0.717) is 24.3 Å². The van der Waals surface area contributed by atoms with Crippen molar-refractivity contribution in [1.82, 2.24) is 9.80 Å². The molecular weight excluding hydrogens is 188 g/mol. The van der Waals surface area contributed by atoms with Gasteiger partial charge in [0, 0.05) is 25.0 Å². The Labute approximate surface area is 92.9 Å². The first-order valence-electron chi connectivity index (χ1n) is 5.74. The van der Waals surface area contributed by atoms with Crippen LogP contribution in [-0.2, 0) is 0 Å². The quantitative estimate of drug-likeness (QED) is 0.522. The number of nitrogens with one attached hydrogen (secondary N) is 1. The standard InChI is InChI=1S/C11H24N4/c1-9(7-11(12)13)15-6-4-5-10(15)8-14(2)3/h9-10H,4-8H2,1-3H3,(H3,12,13). The lowest BCUT2D eigenvalue weighted by Gasteiger charge is -2.32. The fourth-order valence-corrected chi connectivity index (χ4v) is 2.49. The van der Waals surface area contributed by atoms with Gasteiger partial charge in [-0.25, -0.2) is 0 Å². The van der Waals surface area contributed by atoms with Crippen LogP contribution in [0.25, 0.3) is 0 Å². The van der Waals surface area contributed by atoms with E-state index in [1.807, 2.05) is 0 Å². The minimum absolute atomic E-state index is 0.304. The number of nitrogens with zero attached hydrogens (tertiary/aromatic N) is 2. The number of likely N-dealkylation sites (N-methyl/N-ethyl adjacent to an activating group) is 1. The second-order valence-electron chi connectivity index (χ2n) is 4.87. The summed E-state index contributed by atoms with van der Waals surface area (Å²) in [6.07, 6.45) is 3.26. The van der Waals surface area contributed by atoms with Crippen LogP contribution in [0.4, 0.5) is 0 Å². The molecule has 0 amide bonds. The Balaban J connectivity index is 2.48. The first kappa shape index (κ1) is 12.5. The fourth-order valence-electron chi connectivity index (χ4n) is 2.49. The molecule has 1 rings (SSSR count). The van der Waals surface area contributed by atoms with Crippen LogP contribution >= 0.6 is 0 Å². The lowest BCUT2D eigenvalue weighted by molar-refractivity contribution is 0.164. The molecule has 1 aliphatic heterocycles. The van der Waals surface area contributed by atoms with Crippen LogP contribution in [0.1, 0.15) is 26.2 Å². The van der Waals surface area contributed by atoms with E-state index in [0.717, 1.165) is 13.1 Å². The first-order chi connectivity index (χ1) is 7.00. The average molecular weight is 212 g/mol. The minimum Gasteiger partial charge on any atom is -0.388 e. The van der Waals surface area contributed by atoms with Gasteiger partial charge in [-0.3, -0.25) is 10.3 Å². The van der Waals surface area contributed by atoms with E-state index in [1.54, 1.807) is 0 Å². The molecule has 15 heavy (non-hydrogen) atoms. The first-order valence-corrected chi connectivity index (χ1v) is 5.74. The third-order valence-corrected chi connectivity index (χ3v) is 3.08. The maximum Gasteiger partial charge on any atom is 0.0920 e. The Hall–Kier alpha value is -0.610. The summed E-state index contributed by atoms with van der Waals surface area (Å²) in [5, 5.41) is 7.34. The summed E-state index contributed by atoms with van der Waals surface area (Å²) in [4.78, 5) is 4.74. The summed E-state index contributed by atoms with van der Waals surface area (Å²) in [5.41, 5.74) is 5.45. The summed E-state index contributed by atoms with van der Waals surface area (Å²) in [6.45, 7) is 4.45. The Kier molecular flexibility index (Phi) is 4.54. The number of nitrogens with two attached hydrogens (primary N) is 1. The van der Waals surface area contributed by atoms with Gasteiger partial charge in [0.2, 0.25) is 0 Å². The molecule has 0 aromatic carbocycles. The molecule has 3 N–H and O–H groups in total. The smallest absolute Gasteiger partial charge is 0.0920 e. The molecule has 0 aromatic heterocycles. The number of hydrogen-bond acceptors (Lipinski definition) is 3. The van der Waals surface area contributed by atoms with E-state index >= 15 is 0 Å². The molecule has 4 heteroatoms. The molecule has 1 saturated heterocycles. The van der Waals surface area contributed by atoms with Gasteiger partial charge in [0.15, 0.2) is 0 Å². The van der Waals surface area contributed by atoms with Crippen LogP contribution in [0.2, 0.25) is 0 Å². The highest BCUT2D eigenvalue weighted by Crippen LogP contribution is 2.21. The third-order valence-electron chi connectivity index (χ3n) is 3.08. The van der Waals surface area contributed by atoms with Crippen molar-refractivity contribution < 1.29 is 0 Å². The number of likely N-dealkylation sites (tertiary alicyclic amines) is 1. The fraction of sp³-hybridized carbons (Fsp3) is 0.909. The van der Waals surface area contributed by atoms with E-state index in [9.17, 15) is 0 Å². The van der Waals surface area contributed by atoms with Crippen LogP contribution in [0, 0.1) is 5.41 Å². The van der Waals surface area contributed by atoms with Gasteiger partial charge in [0.25, 0.3) is 0 Å². The Morgan fingerprint density at radius 3 is 2.80 bits per heavy atom. The second-order valence-corrected chi connectivity index (χ2v) is 4.87. The maximum absolute atomic E-state index is 7.34. The predicted octanol–water partition coefficient (Wildman–Crippen LogP) is 0.727. The number of amidine groups is 1. The van der Waals surface area contributed by atoms with E-state index < -0.39 is 0 Å². The number of rotatable bonds is 5. The van der Waals surface area contributed by atoms with Gasteiger partial charge < -0.3 is 10.6 Å². The largest absolute Gasteiger partial charge is 0.388 e. The average Bonchev–Trinajstić information content (AvgIpc) is 2.49. The van der Waals surface area contributed by atoms with E-state index in [1.165, 1.54) is 12.8 Å². The molecule has 88 valence electrons. The topological polar surface area (TPSA) is 56.4 Å². The Morgan fingerprint density at radius 1 is 1.60 bits per heavy atom. The van der Waals surface area contributed by atoms with Crippen molar-refractivity contribution >= 4 is 5.84 Å². The van der Waals surface area contributed by atoms with E-state index in [4.69, 9.17) is 11.1 Å². The maximum atomic E-state index is 7.34. The van der Waals surface area contributed by atoms with E-state index in [-0.39, 0.29) is 0 Å². The molecule has 2 atom stereocenters. The lowest BCUT2D eigenvalue weighted by Crippen LogP contribution is -2.43. The van der Waals surface area contributed by atoms with Crippen LogP contribution < -0.4 is 5.73 Å². The van der Waals surface area contributed by atoms with Crippen LogP contribution in [0.5, 0.6) is 0 Å². The van der Waals surface area contributed by atoms with Gasteiger partial charge in [-0.15, -0.1) is 0 Å². The van der Waals surface area contributed by atoms with Gasteiger partial charge in [0.05, 0.1) is 5.84 Å². The van der Waals surface area contributed by atoms with Crippen molar-refractivity contribution in [2.45, 2.75) is 38.3 Å². The normalized spacial score (nSPS) is 24.7. The molecule has 0 radical (unpaired) electrons. The van der Waals surface area contributed by atoms with Gasteiger partial charge >= 0.3 is 0 Å². The molecular formula is C11H24N4. The predicted molar refractivity (Wildman–Crippen MR) is 64.3 cm³/mol. The Morgan fingerprint density at radius 2 is 2.27 bits per heavy atom. The monoisotopic (exact) mass is 212 g/mol. The molecule has 0 spiro atoms. The van der Waals surface area contributed by atoms with E-state index in [2.05, 4.69) is 30.8 Å². The zero-order valence-electron chi connectivity index (χ0n) is 10.2. The van der Waals surface area contributed by atoms with Crippen molar-refractivity contribution in [3.63, 3.8) is 0 Å². The van der Waals surface area contributed by atoms with Crippen LogP contribution in [-0.4, -0.2) is 54.9 Å².